The van der Waals surface area contributed by atoms with Crippen molar-refractivity contribution in [1.29, 1.82) is 0 Å². The molecule has 5 nitrogen and oxygen atoms in total. The smallest absolute Gasteiger partial charge is 0.410 e. The van der Waals surface area contributed by atoms with Gasteiger partial charge in [-0.2, -0.15) is 0 Å². The van der Waals surface area contributed by atoms with Crippen LogP contribution in [0.15, 0.2) is 24.5 Å². The minimum absolute atomic E-state index is 0.203. The van der Waals surface area contributed by atoms with Gasteiger partial charge in [0.05, 0.1) is 6.54 Å². The summed E-state index contributed by atoms with van der Waals surface area (Å²) in [5.74, 6) is 0. The molecule has 1 amide bonds. The molecule has 2 aliphatic heterocycles. The van der Waals surface area contributed by atoms with E-state index in [1.165, 1.54) is 0 Å². The Morgan fingerprint density at radius 1 is 1.47 bits per heavy atom. The Kier molecular flexibility index (Phi) is 2.48. The van der Waals surface area contributed by atoms with Crippen LogP contribution in [0.3, 0.4) is 0 Å². The molecule has 0 aromatic carbocycles. The summed E-state index contributed by atoms with van der Waals surface area (Å²) in [4.78, 5) is 17.5. The first-order valence-corrected chi connectivity index (χ1v) is 5.85. The van der Waals surface area contributed by atoms with Gasteiger partial charge >= 0.3 is 6.09 Å². The van der Waals surface area contributed by atoms with Crippen molar-refractivity contribution in [2.24, 2.45) is 0 Å². The summed E-state index contributed by atoms with van der Waals surface area (Å²) in [5, 5.41) is 3.25. The maximum absolute atomic E-state index is 11.8. The lowest BCUT2D eigenvalue weighted by Gasteiger charge is -2.19. The fourth-order valence-electron chi connectivity index (χ4n) is 2.47. The monoisotopic (exact) mass is 233 g/mol. The van der Waals surface area contributed by atoms with E-state index in [2.05, 4.69) is 10.3 Å². The van der Waals surface area contributed by atoms with Crippen molar-refractivity contribution in [3.8, 4) is 0 Å². The Morgan fingerprint density at radius 2 is 2.29 bits per heavy atom. The second kappa shape index (κ2) is 4.00. The van der Waals surface area contributed by atoms with Crippen LogP contribution >= 0.6 is 0 Å². The van der Waals surface area contributed by atoms with Crippen molar-refractivity contribution in [2.45, 2.75) is 18.6 Å². The molecule has 1 aromatic rings. The average molecular weight is 233 g/mol. The lowest BCUT2D eigenvalue weighted by Crippen LogP contribution is -2.36. The van der Waals surface area contributed by atoms with Crippen LogP contribution in [0.5, 0.6) is 0 Å². The molecule has 0 radical (unpaired) electrons. The zero-order valence-corrected chi connectivity index (χ0v) is 9.56. The van der Waals surface area contributed by atoms with Crippen molar-refractivity contribution < 1.29 is 9.53 Å². The molecule has 1 aromatic heterocycles. The van der Waals surface area contributed by atoms with E-state index in [1.54, 1.807) is 17.3 Å². The van der Waals surface area contributed by atoms with E-state index in [9.17, 15) is 4.79 Å². The molecule has 3 heterocycles. The summed E-state index contributed by atoms with van der Waals surface area (Å²) in [6, 6.07) is 3.84. The van der Waals surface area contributed by atoms with Gasteiger partial charge in [-0.15, -0.1) is 0 Å². The third kappa shape index (κ3) is 1.98. The molecule has 2 saturated heterocycles. The number of hydrogen-bond acceptors (Lipinski definition) is 4. The third-order valence-electron chi connectivity index (χ3n) is 3.37. The van der Waals surface area contributed by atoms with Crippen molar-refractivity contribution in [3.05, 3.63) is 30.1 Å². The van der Waals surface area contributed by atoms with Crippen LogP contribution in [0.1, 0.15) is 12.0 Å². The number of carbonyl (C=O) groups excluding carboxylic acids is 1. The first-order valence-electron chi connectivity index (χ1n) is 5.85. The first-order chi connectivity index (χ1) is 8.27. The van der Waals surface area contributed by atoms with Gasteiger partial charge in [0.15, 0.2) is 0 Å². The number of ether oxygens (including phenoxy) is 1. The van der Waals surface area contributed by atoms with Crippen LogP contribution in [0.2, 0.25) is 0 Å². The van der Waals surface area contributed by atoms with Gasteiger partial charge in [-0.3, -0.25) is 9.88 Å². The van der Waals surface area contributed by atoms with Crippen LogP contribution in [0, 0.1) is 0 Å². The Hall–Kier alpha value is -1.62. The predicted molar refractivity (Wildman–Crippen MR) is 61.3 cm³/mol. The van der Waals surface area contributed by atoms with E-state index in [0.29, 0.717) is 13.1 Å². The van der Waals surface area contributed by atoms with Crippen molar-refractivity contribution in [2.75, 3.05) is 19.6 Å². The van der Waals surface area contributed by atoms with Crippen molar-refractivity contribution in [3.63, 3.8) is 0 Å². The average Bonchev–Trinajstić information content (AvgIpc) is 2.89. The standard InChI is InChI=1S/C12H15N3O2/c16-11-15(7-10-1-4-13-5-2-10)9-12(17-11)3-6-14-8-12/h1-2,4-5,14H,3,6-9H2. The number of nitrogens with one attached hydrogen (secondary N) is 1. The van der Waals surface area contributed by atoms with E-state index >= 15 is 0 Å². The summed E-state index contributed by atoms with van der Waals surface area (Å²) >= 11 is 0. The van der Waals surface area contributed by atoms with Gasteiger partial charge in [0.2, 0.25) is 0 Å². The van der Waals surface area contributed by atoms with Gasteiger partial charge in [-0.1, -0.05) is 0 Å². The molecular formula is C12H15N3O2. The largest absolute Gasteiger partial charge is 0.439 e. The molecule has 90 valence electrons. The maximum atomic E-state index is 11.8. The summed E-state index contributed by atoms with van der Waals surface area (Å²) in [5.41, 5.74) is 0.796. The Morgan fingerprint density at radius 3 is 3.00 bits per heavy atom. The zero-order chi connectivity index (χ0) is 11.7. The lowest BCUT2D eigenvalue weighted by molar-refractivity contribution is 0.0727. The molecule has 2 fully saturated rings. The van der Waals surface area contributed by atoms with E-state index in [1.807, 2.05) is 12.1 Å². The molecule has 1 N–H and O–H groups in total. The highest BCUT2D eigenvalue weighted by molar-refractivity contribution is 5.71. The van der Waals surface area contributed by atoms with E-state index in [-0.39, 0.29) is 11.7 Å². The number of pyridine rings is 1. The highest BCUT2D eigenvalue weighted by atomic mass is 16.6. The number of aromatic nitrogens is 1. The first kappa shape index (κ1) is 10.5. The SMILES string of the molecule is O=C1OC2(CCNC2)CN1Cc1ccncc1. The fraction of sp³-hybridized carbons (Fsp3) is 0.500. The van der Waals surface area contributed by atoms with Gasteiger partial charge in [-0.05, 0) is 24.2 Å². The topological polar surface area (TPSA) is 54.5 Å². The fourth-order valence-corrected chi connectivity index (χ4v) is 2.47. The van der Waals surface area contributed by atoms with Gasteiger partial charge in [0.1, 0.15) is 5.60 Å². The van der Waals surface area contributed by atoms with Crippen molar-refractivity contribution in [1.82, 2.24) is 15.2 Å². The van der Waals surface area contributed by atoms with Crippen LogP contribution < -0.4 is 5.32 Å². The Labute approximate surface area is 99.8 Å². The van der Waals surface area contributed by atoms with Crippen LogP contribution in [-0.2, 0) is 11.3 Å². The van der Waals surface area contributed by atoms with Gasteiger partial charge < -0.3 is 10.1 Å². The minimum atomic E-state index is -0.288. The van der Waals surface area contributed by atoms with Crippen LogP contribution in [0.25, 0.3) is 0 Å². The van der Waals surface area contributed by atoms with Crippen LogP contribution in [-0.4, -0.2) is 41.2 Å². The predicted octanol–water partition coefficient (Wildman–Crippen LogP) is 0.766. The molecule has 0 saturated carbocycles. The summed E-state index contributed by atoms with van der Waals surface area (Å²) in [6.45, 7) is 2.98. The molecule has 0 bridgehead atoms. The molecule has 1 spiro atoms. The van der Waals surface area contributed by atoms with Gasteiger partial charge in [0.25, 0.3) is 0 Å². The summed E-state index contributed by atoms with van der Waals surface area (Å²) < 4.78 is 5.50. The molecule has 2 aliphatic rings. The second-order valence-electron chi connectivity index (χ2n) is 4.69. The quantitative estimate of drug-likeness (QED) is 0.819. The van der Waals surface area contributed by atoms with Gasteiger partial charge in [0, 0.05) is 31.9 Å². The number of carbonyl (C=O) groups is 1. The normalized spacial score (nSPS) is 27.8. The van der Waals surface area contributed by atoms with E-state index in [0.717, 1.165) is 25.1 Å². The highest BCUT2D eigenvalue weighted by Gasteiger charge is 2.46. The van der Waals surface area contributed by atoms with E-state index < -0.39 is 0 Å². The molecule has 17 heavy (non-hydrogen) atoms. The molecule has 3 rings (SSSR count). The van der Waals surface area contributed by atoms with Gasteiger partial charge in [-0.25, -0.2) is 4.79 Å². The van der Waals surface area contributed by atoms with Crippen LogP contribution in [0.4, 0.5) is 4.79 Å². The Balaban J connectivity index is 1.71. The second-order valence-corrected chi connectivity index (χ2v) is 4.69. The number of amides is 1. The maximum Gasteiger partial charge on any atom is 0.410 e. The summed E-state index contributed by atoms with van der Waals surface area (Å²) in [7, 11) is 0. The molecule has 1 unspecified atom stereocenters. The Bertz CT molecular complexity index is 415. The molecular weight excluding hydrogens is 218 g/mol. The number of hydrogen-bond donors (Lipinski definition) is 1. The summed E-state index contributed by atoms with van der Waals surface area (Å²) in [6.07, 6.45) is 4.18. The van der Waals surface area contributed by atoms with Crippen molar-refractivity contribution >= 4 is 6.09 Å². The molecule has 1 atom stereocenters. The third-order valence-corrected chi connectivity index (χ3v) is 3.37. The molecule has 0 aliphatic carbocycles. The van der Waals surface area contributed by atoms with E-state index in [4.69, 9.17) is 4.74 Å². The zero-order valence-electron chi connectivity index (χ0n) is 9.56. The minimum Gasteiger partial charge on any atom is -0.439 e. The molecule has 5 heteroatoms. The number of rotatable bonds is 2. The lowest BCUT2D eigenvalue weighted by atomic mass is 10.0. The highest BCUT2D eigenvalue weighted by Crippen LogP contribution is 2.29. The number of nitrogens with zero attached hydrogens (tertiary/aromatic N) is 2.